The highest BCUT2D eigenvalue weighted by Crippen LogP contribution is 2.30. The van der Waals surface area contributed by atoms with E-state index >= 15 is 0 Å². The maximum absolute atomic E-state index is 10.8. The molecule has 0 aliphatic heterocycles. The topological polar surface area (TPSA) is 71.8 Å². The van der Waals surface area contributed by atoms with Gasteiger partial charge in [-0.05, 0) is 24.3 Å². The van der Waals surface area contributed by atoms with Gasteiger partial charge in [-0.25, -0.2) is 4.98 Å². The highest BCUT2D eigenvalue weighted by molar-refractivity contribution is 6.35. The molecule has 1 N–H and O–H groups in total. The zero-order valence-electron chi connectivity index (χ0n) is 9.93. The number of hydrogen-bond acceptors (Lipinski definition) is 3. The van der Waals surface area contributed by atoms with Crippen LogP contribution in [0.25, 0.3) is 22.4 Å². The van der Waals surface area contributed by atoms with E-state index in [1.807, 2.05) is 0 Å². The molecular weight excluding hydrogens is 301 g/mol. The number of benzene rings is 2. The second kappa shape index (κ2) is 4.77. The second-order valence-electron chi connectivity index (χ2n) is 4.17. The van der Waals surface area contributed by atoms with Gasteiger partial charge in [0.2, 0.25) is 0 Å². The van der Waals surface area contributed by atoms with Gasteiger partial charge in [-0.2, -0.15) is 0 Å². The molecule has 0 fully saturated rings. The first-order valence-electron chi connectivity index (χ1n) is 5.64. The van der Waals surface area contributed by atoms with Crippen LogP contribution in [0.4, 0.5) is 5.69 Å². The number of nitro groups is 1. The third-order valence-corrected chi connectivity index (χ3v) is 3.42. The summed E-state index contributed by atoms with van der Waals surface area (Å²) in [6.07, 6.45) is 0. The number of rotatable bonds is 2. The Morgan fingerprint density at radius 2 is 1.95 bits per heavy atom. The fourth-order valence-electron chi connectivity index (χ4n) is 1.92. The number of non-ortho nitro benzene ring substituents is 1. The van der Waals surface area contributed by atoms with E-state index in [1.165, 1.54) is 12.1 Å². The molecule has 0 amide bonds. The van der Waals surface area contributed by atoms with Crippen molar-refractivity contribution < 1.29 is 4.92 Å². The average Bonchev–Trinajstić information content (AvgIpc) is 2.83. The molecule has 0 unspecified atom stereocenters. The van der Waals surface area contributed by atoms with E-state index in [9.17, 15) is 10.1 Å². The van der Waals surface area contributed by atoms with Gasteiger partial charge in [0.1, 0.15) is 5.82 Å². The van der Waals surface area contributed by atoms with Crippen LogP contribution in [0.2, 0.25) is 10.0 Å². The summed E-state index contributed by atoms with van der Waals surface area (Å²) < 4.78 is 0. The van der Waals surface area contributed by atoms with Gasteiger partial charge < -0.3 is 4.98 Å². The maximum Gasteiger partial charge on any atom is 0.271 e. The Hall–Kier alpha value is -2.11. The Morgan fingerprint density at radius 1 is 1.15 bits per heavy atom. The van der Waals surface area contributed by atoms with Crippen molar-refractivity contribution in [2.45, 2.75) is 0 Å². The van der Waals surface area contributed by atoms with Crippen molar-refractivity contribution in [3.05, 3.63) is 56.6 Å². The predicted octanol–water partition coefficient (Wildman–Crippen LogP) is 4.44. The van der Waals surface area contributed by atoms with Gasteiger partial charge in [-0.15, -0.1) is 0 Å². The number of nitrogens with one attached hydrogen (secondary N) is 1. The van der Waals surface area contributed by atoms with Crippen LogP contribution in [0, 0.1) is 10.1 Å². The number of hydrogen-bond donors (Lipinski definition) is 1. The lowest BCUT2D eigenvalue weighted by Gasteiger charge is -2.00. The lowest BCUT2D eigenvalue weighted by Crippen LogP contribution is -1.86. The Bertz CT molecular complexity index is 830. The summed E-state index contributed by atoms with van der Waals surface area (Å²) in [5, 5.41) is 11.8. The van der Waals surface area contributed by atoms with E-state index < -0.39 is 4.92 Å². The number of aromatic nitrogens is 2. The summed E-state index contributed by atoms with van der Waals surface area (Å²) in [6, 6.07) is 9.48. The van der Waals surface area contributed by atoms with Crippen molar-refractivity contribution in [2.75, 3.05) is 0 Å². The molecule has 0 radical (unpaired) electrons. The zero-order valence-corrected chi connectivity index (χ0v) is 11.4. The highest BCUT2D eigenvalue weighted by atomic mass is 35.5. The molecule has 0 aliphatic rings. The van der Waals surface area contributed by atoms with Crippen molar-refractivity contribution in [3.63, 3.8) is 0 Å². The van der Waals surface area contributed by atoms with E-state index in [2.05, 4.69) is 9.97 Å². The molecule has 7 heteroatoms. The van der Waals surface area contributed by atoms with E-state index in [0.717, 1.165) is 0 Å². The minimum Gasteiger partial charge on any atom is -0.338 e. The fourth-order valence-corrected chi connectivity index (χ4v) is 2.30. The molecule has 100 valence electrons. The largest absolute Gasteiger partial charge is 0.338 e. The summed E-state index contributed by atoms with van der Waals surface area (Å²) in [4.78, 5) is 17.7. The van der Waals surface area contributed by atoms with Crippen LogP contribution < -0.4 is 0 Å². The van der Waals surface area contributed by atoms with Crippen LogP contribution in [0.3, 0.4) is 0 Å². The first-order chi connectivity index (χ1) is 9.54. The van der Waals surface area contributed by atoms with Gasteiger partial charge in [0, 0.05) is 22.7 Å². The van der Waals surface area contributed by atoms with Gasteiger partial charge in [0.25, 0.3) is 5.69 Å². The molecule has 0 bridgehead atoms. The van der Waals surface area contributed by atoms with Crippen LogP contribution in [0.15, 0.2) is 36.4 Å². The molecule has 3 rings (SSSR count). The predicted molar refractivity (Wildman–Crippen MR) is 78.2 cm³/mol. The van der Waals surface area contributed by atoms with E-state index in [-0.39, 0.29) is 5.69 Å². The van der Waals surface area contributed by atoms with E-state index in [0.29, 0.717) is 32.5 Å². The van der Waals surface area contributed by atoms with Gasteiger partial charge in [-0.1, -0.05) is 23.2 Å². The standard InChI is InChI=1S/C13H7Cl2N3O2/c14-7-1-3-10(15)9(5-7)13-16-11-4-2-8(18(19)20)6-12(11)17-13/h1-6H,(H,16,17). The third kappa shape index (κ3) is 2.21. The summed E-state index contributed by atoms with van der Waals surface area (Å²) in [6.45, 7) is 0. The molecule has 2 aromatic carbocycles. The smallest absolute Gasteiger partial charge is 0.271 e. The first-order valence-corrected chi connectivity index (χ1v) is 6.40. The van der Waals surface area contributed by atoms with Gasteiger partial charge in [-0.3, -0.25) is 10.1 Å². The molecule has 1 aromatic heterocycles. The highest BCUT2D eigenvalue weighted by Gasteiger charge is 2.12. The van der Waals surface area contributed by atoms with Crippen molar-refractivity contribution >= 4 is 39.9 Å². The number of imidazole rings is 1. The zero-order chi connectivity index (χ0) is 14.3. The molecule has 0 atom stereocenters. The molecule has 0 saturated carbocycles. The van der Waals surface area contributed by atoms with Crippen LogP contribution >= 0.6 is 23.2 Å². The first kappa shape index (κ1) is 12.9. The monoisotopic (exact) mass is 307 g/mol. The molecule has 3 aromatic rings. The average molecular weight is 308 g/mol. The SMILES string of the molecule is O=[N+]([O-])c1ccc2nc(-c3cc(Cl)ccc3Cl)[nH]c2c1. The molecule has 0 aliphatic carbocycles. The van der Waals surface area contributed by atoms with E-state index in [1.54, 1.807) is 24.3 Å². The lowest BCUT2D eigenvalue weighted by atomic mass is 10.2. The molecule has 5 nitrogen and oxygen atoms in total. The van der Waals surface area contributed by atoms with Crippen LogP contribution in [0.1, 0.15) is 0 Å². The number of halogens is 2. The number of nitro benzene ring substituents is 1. The Labute approximate surface area is 123 Å². The number of aromatic amines is 1. The molecule has 1 heterocycles. The van der Waals surface area contributed by atoms with Gasteiger partial charge >= 0.3 is 0 Å². The quantitative estimate of drug-likeness (QED) is 0.561. The molecule has 0 saturated heterocycles. The molecular formula is C13H7Cl2N3O2. The normalized spacial score (nSPS) is 10.9. The number of fused-ring (bicyclic) bond motifs is 1. The van der Waals surface area contributed by atoms with Crippen molar-refractivity contribution in [1.82, 2.24) is 9.97 Å². The summed E-state index contributed by atoms with van der Waals surface area (Å²) >= 11 is 12.1. The minimum absolute atomic E-state index is 0.00453. The van der Waals surface area contributed by atoms with Crippen molar-refractivity contribution in [1.29, 1.82) is 0 Å². The van der Waals surface area contributed by atoms with Crippen molar-refractivity contribution in [3.8, 4) is 11.4 Å². The lowest BCUT2D eigenvalue weighted by molar-refractivity contribution is -0.384. The second-order valence-corrected chi connectivity index (χ2v) is 5.01. The molecule has 20 heavy (non-hydrogen) atoms. The van der Waals surface area contributed by atoms with Crippen molar-refractivity contribution in [2.24, 2.45) is 0 Å². The summed E-state index contributed by atoms with van der Waals surface area (Å²) in [5.41, 5.74) is 1.86. The van der Waals surface area contributed by atoms with Crippen LogP contribution in [-0.2, 0) is 0 Å². The van der Waals surface area contributed by atoms with Crippen LogP contribution in [-0.4, -0.2) is 14.9 Å². The number of nitrogens with zero attached hydrogens (tertiary/aromatic N) is 2. The Balaban J connectivity index is 2.17. The Morgan fingerprint density at radius 3 is 2.70 bits per heavy atom. The minimum atomic E-state index is -0.452. The fraction of sp³-hybridized carbons (Fsp3) is 0. The summed E-state index contributed by atoms with van der Waals surface area (Å²) in [7, 11) is 0. The van der Waals surface area contributed by atoms with Gasteiger partial charge in [0.05, 0.1) is 21.0 Å². The van der Waals surface area contributed by atoms with Crippen LogP contribution in [0.5, 0.6) is 0 Å². The number of H-pyrrole nitrogens is 1. The Kier molecular flexibility index (Phi) is 3.08. The third-order valence-electron chi connectivity index (χ3n) is 2.86. The van der Waals surface area contributed by atoms with E-state index in [4.69, 9.17) is 23.2 Å². The van der Waals surface area contributed by atoms with Gasteiger partial charge in [0.15, 0.2) is 0 Å². The summed E-state index contributed by atoms with van der Waals surface area (Å²) in [5.74, 6) is 0.521. The maximum atomic E-state index is 10.8. The molecule has 0 spiro atoms.